The largest absolute Gasteiger partial charge is 0.496 e. The maximum absolute atomic E-state index is 12.9. The number of aryl methyl sites for hydroxylation is 1. The first-order valence-electron chi connectivity index (χ1n) is 10.1. The minimum absolute atomic E-state index is 0.182. The zero-order valence-corrected chi connectivity index (χ0v) is 17.8. The molecule has 6 heteroatoms. The zero-order chi connectivity index (χ0) is 22.5. The van der Waals surface area contributed by atoms with Gasteiger partial charge >= 0.3 is 5.97 Å². The number of hydrogen-bond acceptors (Lipinski definition) is 6. The van der Waals surface area contributed by atoms with Gasteiger partial charge in [0, 0.05) is 11.6 Å². The summed E-state index contributed by atoms with van der Waals surface area (Å²) in [6, 6.07) is 20.1. The van der Waals surface area contributed by atoms with Crippen LogP contribution in [0.2, 0.25) is 0 Å². The number of allylic oxidation sites excluding steroid dienone is 1. The lowest BCUT2D eigenvalue weighted by Crippen LogP contribution is -2.14. The minimum atomic E-state index is -0.485. The maximum atomic E-state index is 12.9. The lowest BCUT2D eigenvalue weighted by atomic mass is 10.0. The van der Waals surface area contributed by atoms with E-state index in [1.165, 1.54) is 0 Å². The van der Waals surface area contributed by atoms with Crippen molar-refractivity contribution in [3.05, 3.63) is 94.7 Å². The number of carbonyl (C=O) groups is 2. The Morgan fingerprint density at radius 3 is 2.56 bits per heavy atom. The van der Waals surface area contributed by atoms with Gasteiger partial charge in [-0.3, -0.25) is 4.79 Å². The summed E-state index contributed by atoms with van der Waals surface area (Å²) in [4.78, 5) is 24.9. The van der Waals surface area contributed by atoms with Crippen molar-refractivity contribution in [2.45, 2.75) is 13.5 Å². The normalized spacial score (nSPS) is 13.4. The molecule has 0 fully saturated rings. The number of ketones is 1. The first-order valence-corrected chi connectivity index (χ1v) is 10.1. The molecule has 0 saturated heterocycles. The Morgan fingerprint density at radius 1 is 1.03 bits per heavy atom. The summed E-state index contributed by atoms with van der Waals surface area (Å²) in [6.45, 7) is 1.73. The van der Waals surface area contributed by atoms with Gasteiger partial charge in [-0.05, 0) is 36.3 Å². The van der Waals surface area contributed by atoms with Crippen molar-refractivity contribution in [3.8, 4) is 17.2 Å². The Hall–Kier alpha value is -4.06. The Morgan fingerprint density at radius 2 is 1.78 bits per heavy atom. The molecule has 0 saturated carbocycles. The van der Waals surface area contributed by atoms with Crippen LogP contribution in [-0.2, 0) is 16.1 Å². The predicted octanol–water partition coefficient (Wildman–Crippen LogP) is 4.74. The fourth-order valence-electron chi connectivity index (χ4n) is 3.41. The number of rotatable bonds is 7. The molecule has 3 aromatic carbocycles. The van der Waals surface area contributed by atoms with Crippen LogP contribution in [0.3, 0.4) is 0 Å². The summed E-state index contributed by atoms with van der Waals surface area (Å²) in [7, 11) is 1.57. The van der Waals surface area contributed by atoms with Crippen LogP contribution in [0.25, 0.3) is 6.08 Å². The van der Waals surface area contributed by atoms with Crippen LogP contribution in [0, 0.1) is 6.92 Å². The summed E-state index contributed by atoms with van der Waals surface area (Å²) in [5.41, 5.74) is 2.81. The van der Waals surface area contributed by atoms with E-state index in [0.29, 0.717) is 28.4 Å². The van der Waals surface area contributed by atoms with Gasteiger partial charge in [-0.25, -0.2) is 4.79 Å². The van der Waals surface area contributed by atoms with Crippen LogP contribution in [0.4, 0.5) is 0 Å². The van der Waals surface area contributed by atoms with Crippen LogP contribution < -0.4 is 14.2 Å². The molecule has 6 nitrogen and oxygen atoms in total. The second kappa shape index (κ2) is 9.39. The maximum Gasteiger partial charge on any atom is 0.344 e. The number of fused-ring (bicyclic) bond motifs is 1. The average molecular weight is 430 g/mol. The molecule has 0 aromatic heterocycles. The van der Waals surface area contributed by atoms with Crippen LogP contribution in [0.1, 0.15) is 27.0 Å². The molecule has 4 rings (SSSR count). The first-order chi connectivity index (χ1) is 15.5. The number of esters is 1. The van der Waals surface area contributed by atoms with Gasteiger partial charge in [0.1, 0.15) is 23.9 Å². The summed E-state index contributed by atoms with van der Waals surface area (Å²) < 4.78 is 22.0. The number of hydrogen-bond donors (Lipinski definition) is 0. The minimum Gasteiger partial charge on any atom is -0.496 e. The molecule has 0 radical (unpaired) electrons. The topological polar surface area (TPSA) is 71.1 Å². The molecule has 1 heterocycles. The van der Waals surface area contributed by atoms with Gasteiger partial charge in [-0.2, -0.15) is 0 Å². The lowest BCUT2D eigenvalue weighted by Gasteiger charge is -2.09. The molecule has 0 bridgehead atoms. The van der Waals surface area contributed by atoms with E-state index >= 15 is 0 Å². The fraction of sp³-hybridized carbons (Fsp3) is 0.154. The molecule has 0 unspecified atom stereocenters. The van der Waals surface area contributed by atoms with E-state index < -0.39 is 5.97 Å². The first kappa shape index (κ1) is 21.2. The fourth-order valence-corrected chi connectivity index (χ4v) is 3.41. The van der Waals surface area contributed by atoms with E-state index in [0.717, 1.165) is 11.1 Å². The molecular formula is C26H22O6. The number of Topliss-reactive ketones (excluding diaryl/α,β-unsaturated/α-hetero) is 1. The van der Waals surface area contributed by atoms with Crippen molar-refractivity contribution < 1.29 is 28.5 Å². The summed E-state index contributed by atoms with van der Waals surface area (Å²) >= 11 is 0. The second-order valence-corrected chi connectivity index (χ2v) is 7.23. The number of benzene rings is 3. The number of ether oxygens (including phenoxy) is 4. The third-order valence-corrected chi connectivity index (χ3v) is 4.97. The molecule has 32 heavy (non-hydrogen) atoms. The summed E-state index contributed by atoms with van der Waals surface area (Å²) in [5.74, 6) is 0.958. The summed E-state index contributed by atoms with van der Waals surface area (Å²) in [6.07, 6.45) is 1.65. The number of methoxy groups -OCH3 is 1. The highest BCUT2D eigenvalue weighted by molar-refractivity contribution is 6.15. The Bertz CT molecular complexity index is 1180. The van der Waals surface area contributed by atoms with E-state index in [4.69, 9.17) is 18.9 Å². The molecule has 3 aromatic rings. The van der Waals surface area contributed by atoms with Crippen LogP contribution >= 0.6 is 0 Å². The molecule has 1 aliphatic heterocycles. The van der Waals surface area contributed by atoms with Gasteiger partial charge in [0.05, 0.1) is 12.7 Å². The van der Waals surface area contributed by atoms with Crippen molar-refractivity contribution in [2.75, 3.05) is 13.7 Å². The van der Waals surface area contributed by atoms with Gasteiger partial charge < -0.3 is 18.9 Å². The SMILES string of the molecule is COc1ccccc1/C=C1\Oc2cc(OCC(=O)OCc3ccccc3)cc(C)c2C1=O. The van der Waals surface area contributed by atoms with Crippen molar-refractivity contribution in [3.63, 3.8) is 0 Å². The van der Waals surface area contributed by atoms with E-state index in [2.05, 4.69) is 0 Å². The van der Waals surface area contributed by atoms with Gasteiger partial charge in [0.2, 0.25) is 5.78 Å². The van der Waals surface area contributed by atoms with Gasteiger partial charge in [-0.15, -0.1) is 0 Å². The van der Waals surface area contributed by atoms with Crippen LogP contribution in [-0.4, -0.2) is 25.5 Å². The second-order valence-electron chi connectivity index (χ2n) is 7.23. The smallest absolute Gasteiger partial charge is 0.344 e. The molecule has 0 N–H and O–H groups in total. The number of para-hydroxylation sites is 1. The molecular weight excluding hydrogens is 408 g/mol. The molecule has 0 atom stereocenters. The van der Waals surface area contributed by atoms with E-state index in [9.17, 15) is 9.59 Å². The third-order valence-electron chi connectivity index (χ3n) is 4.97. The number of carbonyl (C=O) groups excluding carboxylic acids is 2. The Kier molecular flexibility index (Phi) is 6.22. The van der Waals surface area contributed by atoms with Crippen molar-refractivity contribution in [1.29, 1.82) is 0 Å². The zero-order valence-electron chi connectivity index (χ0n) is 17.8. The van der Waals surface area contributed by atoms with Crippen LogP contribution in [0.15, 0.2) is 72.5 Å². The molecule has 162 valence electrons. The van der Waals surface area contributed by atoms with Gasteiger partial charge in [-0.1, -0.05) is 48.5 Å². The highest BCUT2D eigenvalue weighted by atomic mass is 16.6. The average Bonchev–Trinajstić information content (AvgIpc) is 3.12. The standard InChI is InChI=1S/C26H22O6/c1-17-12-20(30-16-24(27)31-15-18-8-4-3-5-9-18)14-22-25(17)26(28)23(32-22)13-19-10-6-7-11-21(19)29-2/h3-14H,15-16H2,1-2H3/b23-13-. The van der Waals surface area contributed by atoms with Gasteiger partial charge in [0.25, 0.3) is 0 Å². The predicted molar refractivity (Wildman–Crippen MR) is 119 cm³/mol. The van der Waals surface area contributed by atoms with Crippen molar-refractivity contribution >= 4 is 17.8 Å². The quantitative estimate of drug-likeness (QED) is 0.398. The van der Waals surface area contributed by atoms with E-state index in [1.807, 2.05) is 54.6 Å². The van der Waals surface area contributed by atoms with Crippen molar-refractivity contribution in [2.24, 2.45) is 0 Å². The Balaban J connectivity index is 1.44. The Labute approximate surface area is 186 Å². The van der Waals surface area contributed by atoms with E-state index in [1.54, 1.807) is 32.2 Å². The monoisotopic (exact) mass is 430 g/mol. The molecule has 1 aliphatic rings. The van der Waals surface area contributed by atoms with Gasteiger partial charge in [0.15, 0.2) is 12.4 Å². The summed E-state index contributed by atoms with van der Waals surface area (Å²) in [5, 5.41) is 0. The van der Waals surface area contributed by atoms with E-state index in [-0.39, 0.29) is 24.8 Å². The van der Waals surface area contributed by atoms with Crippen molar-refractivity contribution in [1.82, 2.24) is 0 Å². The molecule has 0 aliphatic carbocycles. The highest BCUT2D eigenvalue weighted by Gasteiger charge is 2.30. The highest BCUT2D eigenvalue weighted by Crippen LogP contribution is 2.38. The molecule has 0 amide bonds. The third kappa shape index (κ3) is 4.64. The van der Waals surface area contributed by atoms with Crippen LogP contribution in [0.5, 0.6) is 17.2 Å². The molecule has 0 spiro atoms. The lowest BCUT2D eigenvalue weighted by molar-refractivity contribution is -0.147.